The SMILES string of the molecule is CC(N)C1CCN(C(=O)c2cn(Cc3ccccc3)nn2)CC1.Cl. The minimum absolute atomic E-state index is 0. The maximum absolute atomic E-state index is 12.5. The summed E-state index contributed by atoms with van der Waals surface area (Å²) in [5.41, 5.74) is 7.50. The normalized spacial score (nSPS) is 16.5. The maximum atomic E-state index is 12.5. The first kappa shape index (κ1) is 18.4. The average molecular weight is 350 g/mol. The Morgan fingerprint density at radius 3 is 2.58 bits per heavy atom. The van der Waals surface area contributed by atoms with Crippen LogP contribution in [0.1, 0.15) is 35.8 Å². The lowest BCUT2D eigenvalue weighted by atomic mass is 9.91. The smallest absolute Gasteiger partial charge is 0.276 e. The first-order valence-electron chi connectivity index (χ1n) is 8.12. The molecule has 130 valence electrons. The zero-order valence-corrected chi connectivity index (χ0v) is 14.7. The zero-order valence-electron chi connectivity index (χ0n) is 13.8. The molecular weight excluding hydrogens is 326 g/mol. The summed E-state index contributed by atoms with van der Waals surface area (Å²) in [6.45, 7) is 4.15. The van der Waals surface area contributed by atoms with E-state index in [9.17, 15) is 4.79 Å². The third kappa shape index (κ3) is 4.33. The number of aromatic nitrogens is 3. The maximum Gasteiger partial charge on any atom is 0.276 e. The molecule has 1 saturated heterocycles. The second-order valence-corrected chi connectivity index (χ2v) is 6.28. The van der Waals surface area contributed by atoms with Gasteiger partial charge in [0.15, 0.2) is 5.69 Å². The molecule has 0 radical (unpaired) electrons. The van der Waals surface area contributed by atoms with Crippen LogP contribution in [0.2, 0.25) is 0 Å². The van der Waals surface area contributed by atoms with Crippen LogP contribution in [0.25, 0.3) is 0 Å². The van der Waals surface area contributed by atoms with Gasteiger partial charge in [-0.2, -0.15) is 0 Å². The average Bonchev–Trinajstić information content (AvgIpc) is 3.03. The summed E-state index contributed by atoms with van der Waals surface area (Å²) in [7, 11) is 0. The molecule has 3 rings (SSSR count). The quantitative estimate of drug-likeness (QED) is 0.915. The largest absolute Gasteiger partial charge is 0.337 e. The highest BCUT2D eigenvalue weighted by atomic mass is 35.5. The minimum atomic E-state index is -0.0348. The predicted molar refractivity (Wildman–Crippen MR) is 95.1 cm³/mol. The highest BCUT2D eigenvalue weighted by molar-refractivity contribution is 5.92. The number of nitrogens with two attached hydrogens (primary N) is 1. The van der Waals surface area contributed by atoms with Gasteiger partial charge in [-0.25, -0.2) is 4.68 Å². The molecule has 0 spiro atoms. The van der Waals surface area contributed by atoms with Crippen molar-refractivity contribution in [3.8, 4) is 0 Å². The number of benzene rings is 1. The third-order valence-electron chi connectivity index (χ3n) is 4.52. The summed E-state index contributed by atoms with van der Waals surface area (Å²) in [5.74, 6) is 0.472. The van der Waals surface area contributed by atoms with Gasteiger partial charge in [0.2, 0.25) is 0 Å². The lowest BCUT2D eigenvalue weighted by Crippen LogP contribution is -2.42. The molecule has 1 aliphatic rings. The van der Waals surface area contributed by atoms with Gasteiger partial charge in [0.25, 0.3) is 5.91 Å². The van der Waals surface area contributed by atoms with Crippen molar-refractivity contribution >= 4 is 18.3 Å². The Bertz CT molecular complexity index is 650. The van der Waals surface area contributed by atoms with Crippen LogP contribution < -0.4 is 5.73 Å². The number of piperidine rings is 1. The molecule has 1 aromatic carbocycles. The summed E-state index contributed by atoms with van der Waals surface area (Å²) in [5, 5.41) is 8.11. The second kappa shape index (κ2) is 8.26. The molecule has 0 saturated carbocycles. The van der Waals surface area contributed by atoms with Gasteiger partial charge in [-0.1, -0.05) is 35.5 Å². The number of carbonyl (C=O) groups excluding carboxylic acids is 1. The molecule has 1 fully saturated rings. The van der Waals surface area contributed by atoms with Gasteiger partial charge < -0.3 is 10.6 Å². The van der Waals surface area contributed by atoms with E-state index in [0.29, 0.717) is 18.2 Å². The van der Waals surface area contributed by atoms with Crippen LogP contribution >= 0.6 is 12.4 Å². The number of hydrogen-bond donors (Lipinski definition) is 1. The van der Waals surface area contributed by atoms with E-state index in [1.54, 1.807) is 10.9 Å². The van der Waals surface area contributed by atoms with Crippen molar-refractivity contribution in [3.63, 3.8) is 0 Å². The number of halogens is 1. The number of likely N-dealkylation sites (tertiary alicyclic amines) is 1. The number of rotatable bonds is 4. The summed E-state index contributed by atoms with van der Waals surface area (Å²) < 4.78 is 1.71. The first-order valence-corrected chi connectivity index (χ1v) is 8.12. The first-order chi connectivity index (χ1) is 11.1. The van der Waals surface area contributed by atoms with Crippen molar-refractivity contribution in [3.05, 3.63) is 47.8 Å². The Morgan fingerprint density at radius 2 is 1.96 bits per heavy atom. The van der Waals surface area contributed by atoms with Crippen molar-refractivity contribution in [2.75, 3.05) is 13.1 Å². The van der Waals surface area contributed by atoms with E-state index >= 15 is 0 Å². The molecule has 7 heteroatoms. The molecule has 1 unspecified atom stereocenters. The summed E-state index contributed by atoms with van der Waals surface area (Å²) in [6, 6.07) is 10.2. The Morgan fingerprint density at radius 1 is 1.29 bits per heavy atom. The Kier molecular flexibility index (Phi) is 6.34. The van der Waals surface area contributed by atoms with E-state index in [1.807, 2.05) is 42.2 Å². The van der Waals surface area contributed by atoms with E-state index < -0.39 is 0 Å². The zero-order chi connectivity index (χ0) is 16.2. The molecule has 2 aromatic rings. The molecule has 1 aromatic heterocycles. The van der Waals surface area contributed by atoms with E-state index in [0.717, 1.165) is 31.5 Å². The van der Waals surface area contributed by atoms with Crippen LogP contribution in [-0.4, -0.2) is 44.9 Å². The van der Waals surface area contributed by atoms with Gasteiger partial charge in [0.1, 0.15) is 0 Å². The van der Waals surface area contributed by atoms with Crippen molar-refractivity contribution < 1.29 is 4.79 Å². The Hall–Kier alpha value is -1.92. The molecular formula is C17H24ClN5O. The van der Waals surface area contributed by atoms with Crippen LogP contribution in [0.15, 0.2) is 36.5 Å². The second-order valence-electron chi connectivity index (χ2n) is 6.28. The van der Waals surface area contributed by atoms with Crippen molar-refractivity contribution in [1.29, 1.82) is 0 Å². The highest BCUT2D eigenvalue weighted by Crippen LogP contribution is 2.20. The summed E-state index contributed by atoms with van der Waals surface area (Å²) >= 11 is 0. The molecule has 1 amide bonds. The van der Waals surface area contributed by atoms with Crippen LogP contribution in [0.4, 0.5) is 0 Å². The molecule has 24 heavy (non-hydrogen) atoms. The van der Waals surface area contributed by atoms with Gasteiger partial charge in [0, 0.05) is 19.1 Å². The summed E-state index contributed by atoms with van der Waals surface area (Å²) in [4.78, 5) is 14.4. The van der Waals surface area contributed by atoms with E-state index in [2.05, 4.69) is 10.3 Å². The number of amides is 1. The molecule has 2 heterocycles. The van der Waals surface area contributed by atoms with Crippen LogP contribution in [0.5, 0.6) is 0 Å². The highest BCUT2D eigenvalue weighted by Gasteiger charge is 2.26. The van der Waals surface area contributed by atoms with E-state index in [-0.39, 0.29) is 24.4 Å². The molecule has 0 bridgehead atoms. The lowest BCUT2D eigenvalue weighted by Gasteiger charge is -2.33. The fraction of sp³-hybridized carbons (Fsp3) is 0.471. The van der Waals surface area contributed by atoms with Gasteiger partial charge >= 0.3 is 0 Å². The topological polar surface area (TPSA) is 77.0 Å². The van der Waals surface area contributed by atoms with Crippen LogP contribution in [-0.2, 0) is 6.54 Å². The molecule has 1 aliphatic heterocycles. The van der Waals surface area contributed by atoms with Crippen molar-refractivity contribution in [2.45, 2.75) is 32.4 Å². The number of nitrogens with zero attached hydrogens (tertiary/aromatic N) is 4. The van der Waals surface area contributed by atoms with Crippen molar-refractivity contribution in [2.24, 2.45) is 11.7 Å². The summed E-state index contributed by atoms with van der Waals surface area (Å²) in [6.07, 6.45) is 3.65. The Balaban J connectivity index is 0.00000208. The molecule has 6 nitrogen and oxygen atoms in total. The Labute approximate surface area is 148 Å². The fourth-order valence-electron chi connectivity index (χ4n) is 3.03. The van der Waals surface area contributed by atoms with Crippen molar-refractivity contribution in [1.82, 2.24) is 19.9 Å². The van der Waals surface area contributed by atoms with Crippen LogP contribution in [0, 0.1) is 5.92 Å². The lowest BCUT2D eigenvalue weighted by molar-refractivity contribution is 0.0675. The fourth-order valence-corrected chi connectivity index (χ4v) is 3.03. The van der Waals surface area contributed by atoms with Crippen LogP contribution in [0.3, 0.4) is 0 Å². The predicted octanol–water partition coefficient (Wildman–Crippen LogP) is 1.95. The van der Waals surface area contributed by atoms with E-state index in [4.69, 9.17) is 5.73 Å². The minimum Gasteiger partial charge on any atom is -0.337 e. The third-order valence-corrected chi connectivity index (χ3v) is 4.52. The van der Waals surface area contributed by atoms with Gasteiger partial charge in [-0.15, -0.1) is 17.5 Å². The number of hydrogen-bond acceptors (Lipinski definition) is 4. The molecule has 0 aliphatic carbocycles. The monoisotopic (exact) mass is 349 g/mol. The molecule has 1 atom stereocenters. The van der Waals surface area contributed by atoms with Gasteiger partial charge in [-0.05, 0) is 31.2 Å². The van der Waals surface area contributed by atoms with Gasteiger partial charge in [0.05, 0.1) is 12.7 Å². The molecule has 2 N–H and O–H groups in total. The standard InChI is InChI=1S/C17H23N5O.ClH/c1-13(18)15-7-9-21(10-8-15)17(23)16-12-22(20-19-16)11-14-5-3-2-4-6-14;/h2-6,12-13,15H,7-11,18H2,1H3;1H. The number of carbonyl (C=O) groups is 1. The van der Waals surface area contributed by atoms with E-state index in [1.165, 1.54) is 0 Å². The van der Waals surface area contributed by atoms with Gasteiger partial charge in [-0.3, -0.25) is 4.79 Å².